The van der Waals surface area contributed by atoms with E-state index in [2.05, 4.69) is 5.32 Å². The Morgan fingerprint density at radius 1 is 0.821 bits per heavy atom. The van der Waals surface area contributed by atoms with Crippen LogP contribution in [0.25, 0.3) is 0 Å². The zero-order chi connectivity index (χ0) is 21.4. The molecule has 28 heavy (non-hydrogen) atoms. The largest absolute Gasteiger partial charge is 0.463 e. The van der Waals surface area contributed by atoms with Crippen molar-refractivity contribution in [2.24, 2.45) is 0 Å². The molecule has 1 rings (SSSR count). The molecule has 0 aliphatic carbocycles. The van der Waals surface area contributed by atoms with E-state index >= 15 is 0 Å². The van der Waals surface area contributed by atoms with Crippen molar-refractivity contribution in [2.75, 3.05) is 6.61 Å². The van der Waals surface area contributed by atoms with Crippen LogP contribution in [0.5, 0.6) is 0 Å². The van der Waals surface area contributed by atoms with Crippen LogP contribution in [0.4, 0.5) is 0 Å². The summed E-state index contributed by atoms with van der Waals surface area (Å²) in [6.45, 7) is 5.78. The maximum Gasteiger partial charge on any atom is 0.305 e. The number of rotatable bonds is 7. The number of esters is 4. The van der Waals surface area contributed by atoms with Crippen LogP contribution in [0.3, 0.4) is 0 Å². The molecule has 0 radical (unpaired) electrons. The smallest absolute Gasteiger partial charge is 0.305 e. The normalized spacial score (nSPS) is 26.5. The highest BCUT2D eigenvalue weighted by atomic mass is 16.7. The second-order valence-corrected chi connectivity index (χ2v) is 6.05. The van der Waals surface area contributed by atoms with Crippen molar-refractivity contribution in [3.8, 4) is 0 Å². The first-order chi connectivity index (χ1) is 13.0. The fourth-order valence-corrected chi connectivity index (χ4v) is 2.61. The van der Waals surface area contributed by atoms with Gasteiger partial charge in [-0.25, -0.2) is 0 Å². The molecule has 0 aromatic carbocycles. The predicted octanol–water partition coefficient (Wildman–Crippen LogP) is -0.404. The van der Waals surface area contributed by atoms with Gasteiger partial charge in [0.1, 0.15) is 18.8 Å². The molecule has 0 spiro atoms. The quantitative estimate of drug-likeness (QED) is 0.440. The van der Waals surface area contributed by atoms with Crippen LogP contribution in [0.15, 0.2) is 0 Å². The molecule has 0 bridgehead atoms. The second-order valence-electron chi connectivity index (χ2n) is 6.05. The van der Waals surface area contributed by atoms with Crippen LogP contribution in [0.1, 0.15) is 41.0 Å². The lowest BCUT2D eigenvalue weighted by atomic mass is 9.96. The van der Waals surface area contributed by atoms with Crippen molar-refractivity contribution in [2.45, 2.75) is 71.7 Å². The fraction of sp³-hybridized carbons (Fsp3) is 0.706. The molecule has 1 amide bonds. The molecule has 11 nitrogen and oxygen atoms in total. The van der Waals surface area contributed by atoms with E-state index in [4.69, 9.17) is 23.7 Å². The molecule has 1 fully saturated rings. The SMILES string of the molecule is CCC(=O)N[C@@H]1C(OC(C)=O)O[C@H](COC(C)=O)[C@@H](OC(C)=O)[C@@H]1OC(C)=O. The molecular weight excluding hydrogens is 378 g/mol. The van der Waals surface area contributed by atoms with Gasteiger partial charge in [-0.15, -0.1) is 0 Å². The molecule has 1 heterocycles. The van der Waals surface area contributed by atoms with Crippen molar-refractivity contribution in [3.05, 3.63) is 0 Å². The summed E-state index contributed by atoms with van der Waals surface area (Å²) in [6, 6.07) is -1.15. The molecule has 1 aliphatic rings. The molecule has 11 heteroatoms. The first kappa shape index (κ1) is 23.3. The Balaban J connectivity index is 3.31. The van der Waals surface area contributed by atoms with E-state index in [-0.39, 0.29) is 13.0 Å². The van der Waals surface area contributed by atoms with Gasteiger partial charge in [-0.3, -0.25) is 24.0 Å². The Bertz CT molecular complexity index is 619. The van der Waals surface area contributed by atoms with Crippen LogP contribution < -0.4 is 5.32 Å². The van der Waals surface area contributed by atoms with Gasteiger partial charge in [-0.05, 0) is 0 Å². The summed E-state index contributed by atoms with van der Waals surface area (Å²) in [5.74, 6) is -3.24. The lowest BCUT2D eigenvalue weighted by Gasteiger charge is -2.44. The van der Waals surface area contributed by atoms with E-state index in [1.807, 2.05) is 0 Å². The molecule has 158 valence electrons. The highest BCUT2D eigenvalue weighted by molar-refractivity contribution is 5.76. The maximum atomic E-state index is 11.9. The number of hydrogen-bond acceptors (Lipinski definition) is 10. The average Bonchev–Trinajstić information content (AvgIpc) is 2.56. The van der Waals surface area contributed by atoms with Crippen molar-refractivity contribution in [1.82, 2.24) is 5.32 Å². The zero-order valence-corrected chi connectivity index (χ0v) is 16.4. The van der Waals surface area contributed by atoms with Gasteiger partial charge in [0.15, 0.2) is 12.2 Å². The third-order valence-corrected chi connectivity index (χ3v) is 3.63. The van der Waals surface area contributed by atoms with Crippen molar-refractivity contribution < 1.29 is 47.7 Å². The minimum absolute atomic E-state index is 0.0885. The molecule has 1 N–H and O–H groups in total. The van der Waals surface area contributed by atoms with Gasteiger partial charge in [0.25, 0.3) is 0 Å². The number of carbonyl (C=O) groups excluding carboxylic acids is 5. The summed E-state index contributed by atoms with van der Waals surface area (Å²) >= 11 is 0. The highest BCUT2D eigenvalue weighted by Gasteiger charge is 2.52. The van der Waals surface area contributed by atoms with E-state index in [1.54, 1.807) is 6.92 Å². The number of amides is 1. The highest BCUT2D eigenvalue weighted by Crippen LogP contribution is 2.28. The third kappa shape index (κ3) is 7.14. The Labute approximate surface area is 161 Å². The summed E-state index contributed by atoms with van der Waals surface area (Å²) < 4.78 is 26.1. The van der Waals surface area contributed by atoms with Gasteiger partial charge in [-0.1, -0.05) is 6.92 Å². The van der Waals surface area contributed by atoms with Gasteiger partial charge < -0.3 is 29.0 Å². The topological polar surface area (TPSA) is 144 Å². The lowest BCUT2D eigenvalue weighted by Crippen LogP contribution is -2.66. The van der Waals surface area contributed by atoms with E-state index in [0.717, 1.165) is 20.8 Å². The molecule has 0 saturated carbocycles. The van der Waals surface area contributed by atoms with Crippen molar-refractivity contribution in [3.63, 3.8) is 0 Å². The summed E-state index contributed by atoms with van der Waals surface area (Å²) in [5, 5.41) is 2.55. The predicted molar refractivity (Wildman–Crippen MR) is 90.4 cm³/mol. The number of ether oxygens (including phenoxy) is 5. The van der Waals surface area contributed by atoms with Crippen molar-refractivity contribution >= 4 is 29.8 Å². The number of carbonyl (C=O) groups is 5. The molecular formula is C17H25NO10. The van der Waals surface area contributed by atoms with Crippen LogP contribution >= 0.6 is 0 Å². The van der Waals surface area contributed by atoms with Crippen LogP contribution in [-0.2, 0) is 47.7 Å². The van der Waals surface area contributed by atoms with Crippen LogP contribution in [-0.4, -0.2) is 67.0 Å². The first-order valence-corrected chi connectivity index (χ1v) is 8.65. The van der Waals surface area contributed by atoms with Gasteiger partial charge in [-0.2, -0.15) is 0 Å². The molecule has 5 atom stereocenters. The van der Waals surface area contributed by atoms with Crippen LogP contribution in [0, 0.1) is 0 Å². The Hall–Kier alpha value is -2.69. The van der Waals surface area contributed by atoms with Gasteiger partial charge >= 0.3 is 23.9 Å². The minimum atomic E-state index is -1.37. The van der Waals surface area contributed by atoms with Crippen LogP contribution in [0.2, 0.25) is 0 Å². The first-order valence-electron chi connectivity index (χ1n) is 8.65. The number of hydrogen-bond donors (Lipinski definition) is 1. The summed E-state index contributed by atoms with van der Waals surface area (Å²) in [4.78, 5) is 57.8. The van der Waals surface area contributed by atoms with Gasteiger partial charge in [0, 0.05) is 34.1 Å². The molecule has 0 aromatic heterocycles. The Kier molecular flexibility index (Phi) is 8.83. The van der Waals surface area contributed by atoms with Gasteiger partial charge in [0.05, 0.1) is 0 Å². The van der Waals surface area contributed by atoms with Crippen molar-refractivity contribution in [1.29, 1.82) is 0 Å². The third-order valence-electron chi connectivity index (χ3n) is 3.63. The van der Waals surface area contributed by atoms with E-state index < -0.39 is 60.4 Å². The average molecular weight is 403 g/mol. The molecule has 1 aliphatic heterocycles. The Morgan fingerprint density at radius 3 is 1.82 bits per heavy atom. The minimum Gasteiger partial charge on any atom is -0.463 e. The molecule has 1 unspecified atom stereocenters. The second kappa shape index (κ2) is 10.6. The molecule has 1 saturated heterocycles. The summed E-state index contributed by atoms with van der Waals surface area (Å²) in [7, 11) is 0. The maximum absolute atomic E-state index is 11.9. The number of nitrogens with one attached hydrogen (secondary N) is 1. The fourth-order valence-electron chi connectivity index (χ4n) is 2.61. The monoisotopic (exact) mass is 403 g/mol. The zero-order valence-electron chi connectivity index (χ0n) is 16.4. The van der Waals surface area contributed by atoms with Gasteiger partial charge in [0.2, 0.25) is 12.2 Å². The summed E-state index contributed by atoms with van der Waals surface area (Å²) in [5.41, 5.74) is 0. The Morgan fingerprint density at radius 2 is 1.36 bits per heavy atom. The molecule has 0 aromatic rings. The van der Waals surface area contributed by atoms with E-state index in [9.17, 15) is 24.0 Å². The van der Waals surface area contributed by atoms with E-state index in [1.165, 1.54) is 6.92 Å². The lowest BCUT2D eigenvalue weighted by molar-refractivity contribution is -0.271. The van der Waals surface area contributed by atoms with E-state index in [0.29, 0.717) is 0 Å². The standard InChI is InChI=1S/C17H25NO10/c1-6-13(23)18-14-16(26-10(4)21)15(25-9(3)20)12(7-24-8(2)19)28-17(14)27-11(5)22/h12,14-17H,6-7H2,1-5H3,(H,18,23)/t12-,14+,15-,16-,17?/m1/s1. The summed E-state index contributed by atoms with van der Waals surface area (Å²) in [6.07, 6.45) is -4.88.